The molecular weight excluding hydrogens is 302 g/mol. The molecule has 0 amide bonds. The summed E-state index contributed by atoms with van der Waals surface area (Å²) >= 11 is 1.51. The van der Waals surface area contributed by atoms with Gasteiger partial charge in [-0.15, -0.1) is 16.4 Å². The quantitative estimate of drug-likeness (QED) is 0.794. The molecule has 0 saturated carbocycles. The fourth-order valence-electron chi connectivity index (χ4n) is 2.36. The van der Waals surface area contributed by atoms with Gasteiger partial charge in [0.05, 0.1) is 5.69 Å². The molecule has 1 aliphatic heterocycles. The Balaban J connectivity index is 1.88. The summed E-state index contributed by atoms with van der Waals surface area (Å²) in [6.07, 6.45) is 0. The zero-order chi connectivity index (χ0) is 15.1. The van der Waals surface area contributed by atoms with Crippen molar-refractivity contribution in [2.24, 2.45) is 5.73 Å². The van der Waals surface area contributed by atoms with Gasteiger partial charge in [-0.1, -0.05) is 5.21 Å². The standard InChI is InChI=1S/C14H13N5O2S/c1-8-6-22-14(16-8)19-13(10(5-15)17-18-19)9-2-3-11-12(4-9)21-7-20-11/h2-4,6H,5,7,15H2,1H3. The van der Waals surface area contributed by atoms with Crippen LogP contribution in [-0.4, -0.2) is 26.8 Å². The van der Waals surface area contributed by atoms with E-state index in [0.717, 1.165) is 27.8 Å². The fourth-order valence-corrected chi connectivity index (χ4v) is 3.11. The minimum atomic E-state index is 0.242. The Hall–Kier alpha value is -2.45. The van der Waals surface area contributed by atoms with Crippen molar-refractivity contribution in [1.82, 2.24) is 20.0 Å². The summed E-state index contributed by atoms with van der Waals surface area (Å²) in [6, 6.07) is 5.74. The van der Waals surface area contributed by atoms with Crippen LogP contribution in [0, 0.1) is 6.92 Å². The number of nitrogens with two attached hydrogens (primary N) is 1. The average Bonchev–Trinajstić information content (AvgIpc) is 3.24. The topological polar surface area (TPSA) is 88.1 Å². The maximum atomic E-state index is 5.81. The molecule has 7 nitrogen and oxygen atoms in total. The van der Waals surface area contributed by atoms with Crippen LogP contribution < -0.4 is 15.2 Å². The van der Waals surface area contributed by atoms with Crippen LogP contribution in [0.5, 0.6) is 11.5 Å². The van der Waals surface area contributed by atoms with Gasteiger partial charge in [0, 0.05) is 17.5 Å². The highest BCUT2D eigenvalue weighted by molar-refractivity contribution is 7.12. The van der Waals surface area contributed by atoms with Crippen molar-refractivity contribution < 1.29 is 9.47 Å². The maximum Gasteiger partial charge on any atom is 0.231 e. The molecule has 3 aromatic rings. The van der Waals surface area contributed by atoms with E-state index >= 15 is 0 Å². The van der Waals surface area contributed by atoms with Crippen LogP contribution in [0.2, 0.25) is 0 Å². The highest BCUT2D eigenvalue weighted by Crippen LogP contribution is 2.37. The summed E-state index contributed by atoms with van der Waals surface area (Å²) in [5.41, 5.74) is 9.22. The minimum absolute atomic E-state index is 0.242. The normalized spacial score (nSPS) is 12.8. The van der Waals surface area contributed by atoms with E-state index in [9.17, 15) is 0 Å². The molecule has 3 heterocycles. The molecule has 0 atom stereocenters. The number of rotatable bonds is 3. The molecule has 0 fully saturated rings. The molecule has 22 heavy (non-hydrogen) atoms. The van der Waals surface area contributed by atoms with Crippen LogP contribution >= 0.6 is 11.3 Å². The molecule has 1 aliphatic rings. The third-order valence-corrected chi connectivity index (χ3v) is 4.30. The lowest BCUT2D eigenvalue weighted by Gasteiger charge is -2.06. The zero-order valence-electron chi connectivity index (χ0n) is 11.8. The molecule has 112 valence electrons. The van der Waals surface area contributed by atoms with Crippen LogP contribution in [0.15, 0.2) is 23.6 Å². The number of benzene rings is 1. The van der Waals surface area contributed by atoms with Gasteiger partial charge in [-0.25, -0.2) is 4.98 Å². The van der Waals surface area contributed by atoms with Gasteiger partial charge in [0.15, 0.2) is 11.5 Å². The van der Waals surface area contributed by atoms with Crippen molar-refractivity contribution in [2.75, 3.05) is 6.79 Å². The highest BCUT2D eigenvalue weighted by Gasteiger charge is 2.20. The van der Waals surface area contributed by atoms with Crippen LogP contribution in [-0.2, 0) is 6.54 Å². The SMILES string of the molecule is Cc1csc(-n2nnc(CN)c2-c2ccc3c(c2)OCO3)n1. The van der Waals surface area contributed by atoms with Crippen molar-refractivity contribution >= 4 is 11.3 Å². The molecule has 0 saturated heterocycles. The number of fused-ring (bicyclic) bond motifs is 1. The second-order valence-electron chi connectivity index (χ2n) is 4.84. The fraction of sp³-hybridized carbons (Fsp3) is 0.214. The molecule has 8 heteroatoms. The van der Waals surface area contributed by atoms with Crippen molar-refractivity contribution in [3.63, 3.8) is 0 Å². The molecule has 4 rings (SSSR count). The summed E-state index contributed by atoms with van der Waals surface area (Å²) in [5, 5.41) is 11.1. The Labute approximate surface area is 130 Å². The zero-order valence-corrected chi connectivity index (χ0v) is 12.6. The first-order valence-electron chi connectivity index (χ1n) is 6.73. The second kappa shape index (κ2) is 5.08. The number of hydrogen-bond acceptors (Lipinski definition) is 7. The molecule has 0 spiro atoms. The summed E-state index contributed by atoms with van der Waals surface area (Å²) in [7, 11) is 0. The predicted molar refractivity (Wildman–Crippen MR) is 81.2 cm³/mol. The Morgan fingerprint density at radius 3 is 2.95 bits per heavy atom. The van der Waals surface area contributed by atoms with Gasteiger partial charge >= 0.3 is 0 Å². The number of hydrogen-bond donors (Lipinski definition) is 1. The van der Waals surface area contributed by atoms with Crippen molar-refractivity contribution in [3.8, 4) is 27.9 Å². The number of aromatic nitrogens is 4. The van der Waals surface area contributed by atoms with Gasteiger partial charge in [-0.3, -0.25) is 0 Å². The van der Waals surface area contributed by atoms with Gasteiger partial charge in [-0.05, 0) is 25.1 Å². The van der Waals surface area contributed by atoms with E-state index in [2.05, 4.69) is 15.3 Å². The van der Waals surface area contributed by atoms with E-state index in [0.29, 0.717) is 18.0 Å². The third kappa shape index (κ3) is 2.04. The van der Waals surface area contributed by atoms with E-state index in [-0.39, 0.29) is 6.79 Å². The molecule has 2 aromatic heterocycles. The lowest BCUT2D eigenvalue weighted by molar-refractivity contribution is 0.174. The van der Waals surface area contributed by atoms with Crippen LogP contribution in [0.25, 0.3) is 16.4 Å². The van der Waals surface area contributed by atoms with Crippen molar-refractivity contribution in [1.29, 1.82) is 0 Å². The lowest BCUT2D eigenvalue weighted by atomic mass is 10.1. The highest BCUT2D eigenvalue weighted by atomic mass is 32.1. The molecule has 0 unspecified atom stereocenters. The first-order valence-corrected chi connectivity index (χ1v) is 7.61. The Bertz CT molecular complexity index is 842. The summed E-state index contributed by atoms with van der Waals surface area (Å²) in [4.78, 5) is 4.47. The molecule has 0 radical (unpaired) electrons. The van der Waals surface area contributed by atoms with E-state index in [1.54, 1.807) is 4.68 Å². The Kier molecular flexibility index (Phi) is 3.05. The van der Waals surface area contributed by atoms with Gasteiger partial charge in [0.1, 0.15) is 11.4 Å². The number of thiazole rings is 1. The summed E-state index contributed by atoms with van der Waals surface area (Å²) in [5.74, 6) is 1.45. The lowest BCUT2D eigenvalue weighted by Crippen LogP contribution is -2.02. The number of nitrogens with zero attached hydrogens (tertiary/aromatic N) is 4. The van der Waals surface area contributed by atoms with E-state index in [1.165, 1.54) is 11.3 Å². The first-order chi connectivity index (χ1) is 10.8. The van der Waals surface area contributed by atoms with Crippen molar-refractivity contribution in [2.45, 2.75) is 13.5 Å². The molecular formula is C14H13N5O2S. The molecule has 2 N–H and O–H groups in total. The molecule has 1 aromatic carbocycles. The van der Waals surface area contributed by atoms with Gasteiger partial charge in [-0.2, -0.15) is 4.68 Å². The third-order valence-electron chi connectivity index (χ3n) is 3.37. The summed E-state index contributed by atoms with van der Waals surface area (Å²) < 4.78 is 12.5. The van der Waals surface area contributed by atoms with Gasteiger partial charge < -0.3 is 15.2 Å². The van der Waals surface area contributed by atoms with Crippen LogP contribution in [0.3, 0.4) is 0 Å². The monoisotopic (exact) mass is 315 g/mol. The van der Waals surface area contributed by atoms with E-state index < -0.39 is 0 Å². The summed E-state index contributed by atoms with van der Waals surface area (Å²) in [6.45, 7) is 2.49. The average molecular weight is 315 g/mol. The number of aryl methyl sites for hydroxylation is 1. The smallest absolute Gasteiger partial charge is 0.231 e. The Morgan fingerprint density at radius 1 is 1.32 bits per heavy atom. The predicted octanol–water partition coefficient (Wildman–Crippen LogP) is 1.89. The Morgan fingerprint density at radius 2 is 2.18 bits per heavy atom. The second-order valence-corrected chi connectivity index (χ2v) is 5.68. The van der Waals surface area contributed by atoms with E-state index in [1.807, 2.05) is 30.5 Å². The first kappa shape index (κ1) is 13.2. The maximum absolute atomic E-state index is 5.81. The minimum Gasteiger partial charge on any atom is -0.454 e. The molecule has 0 bridgehead atoms. The van der Waals surface area contributed by atoms with Crippen LogP contribution in [0.1, 0.15) is 11.4 Å². The molecule has 0 aliphatic carbocycles. The van der Waals surface area contributed by atoms with Crippen LogP contribution in [0.4, 0.5) is 0 Å². The van der Waals surface area contributed by atoms with E-state index in [4.69, 9.17) is 15.2 Å². The van der Waals surface area contributed by atoms with Crippen molar-refractivity contribution in [3.05, 3.63) is 35.0 Å². The van der Waals surface area contributed by atoms with Gasteiger partial charge in [0.2, 0.25) is 11.9 Å². The number of ether oxygens (including phenoxy) is 2. The largest absolute Gasteiger partial charge is 0.454 e. The van der Waals surface area contributed by atoms with Gasteiger partial charge in [0.25, 0.3) is 0 Å².